The standard InChI is InChI=1S/C17H16ClNO3/c1-11(20)12(2)22-16-9-7-15(8-10-16)19-17(21)13-3-5-14(18)6-4-13/h3-10,12H,1-2H3,(H,19,21)/t12-/m0/s1. The molecule has 4 nitrogen and oxygen atoms in total. The highest BCUT2D eigenvalue weighted by Gasteiger charge is 2.09. The number of ether oxygens (including phenoxy) is 1. The van der Waals surface area contributed by atoms with E-state index >= 15 is 0 Å². The number of anilines is 1. The smallest absolute Gasteiger partial charge is 0.255 e. The van der Waals surface area contributed by atoms with Gasteiger partial charge >= 0.3 is 0 Å². The van der Waals surface area contributed by atoms with Gasteiger partial charge in [0.05, 0.1) is 0 Å². The summed E-state index contributed by atoms with van der Waals surface area (Å²) in [5, 5.41) is 3.36. The summed E-state index contributed by atoms with van der Waals surface area (Å²) in [4.78, 5) is 23.2. The molecule has 1 amide bonds. The molecule has 1 N–H and O–H groups in total. The number of hydrogen-bond acceptors (Lipinski definition) is 3. The van der Waals surface area contributed by atoms with E-state index in [0.29, 0.717) is 22.0 Å². The van der Waals surface area contributed by atoms with Crippen molar-refractivity contribution in [1.29, 1.82) is 0 Å². The van der Waals surface area contributed by atoms with E-state index in [1.165, 1.54) is 6.92 Å². The first-order chi connectivity index (χ1) is 10.5. The molecule has 5 heteroatoms. The van der Waals surface area contributed by atoms with Crippen LogP contribution in [0.3, 0.4) is 0 Å². The Hall–Kier alpha value is -2.33. The summed E-state index contributed by atoms with van der Waals surface area (Å²) in [6.07, 6.45) is -0.491. The van der Waals surface area contributed by atoms with Crippen LogP contribution < -0.4 is 10.1 Å². The van der Waals surface area contributed by atoms with Gasteiger partial charge in [-0.1, -0.05) is 11.6 Å². The lowest BCUT2D eigenvalue weighted by atomic mass is 10.2. The molecule has 0 heterocycles. The van der Waals surface area contributed by atoms with E-state index in [1.807, 2.05) is 0 Å². The van der Waals surface area contributed by atoms with Gasteiger partial charge in [0.25, 0.3) is 5.91 Å². The zero-order chi connectivity index (χ0) is 16.1. The van der Waals surface area contributed by atoms with Crippen molar-refractivity contribution in [3.05, 3.63) is 59.1 Å². The van der Waals surface area contributed by atoms with Crippen molar-refractivity contribution in [1.82, 2.24) is 0 Å². The van der Waals surface area contributed by atoms with Crippen LogP contribution in [-0.2, 0) is 4.79 Å². The molecule has 0 aliphatic carbocycles. The molecule has 2 rings (SSSR count). The third-order valence-corrected chi connectivity index (χ3v) is 3.36. The molecule has 0 bridgehead atoms. The third-order valence-electron chi connectivity index (χ3n) is 3.10. The van der Waals surface area contributed by atoms with E-state index < -0.39 is 6.10 Å². The molecule has 114 valence electrons. The van der Waals surface area contributed by atoms with Crippen LogP contribution in [0, 0.1) is 0 Å². The molecule has 0 radical (unpaired) electrons. The lowest BCUT2D eigenvalue weighted by molar-refractivity contribution is -0.122. The summed E-state index contributed by atoms with van der Waals surface area (Å²) in [5.41, 5.74) is 1.16. The molecule has 0 aliphatic rings. The Morgan fingerprint density at radius 1 is 1.05 bits per heavy atom. The molecule has 2 aromatic carbocycles. The number of hydrogen-bond donors (Lipinski definition) is 1. The Labute approximate surface area is 134 Å². The van der Waals surface area contributed by atoms with Crippen molar-refractivity contribution in [3.8, 4) is 5.75 Å². The Morgan fingerprint density at radius 2 is 1.64 bits per heavy atom. The maximum absolute atomic E-state index is 12.0. The van der Waals surface area contributed by atoms with Gasteiger partial charge in [0.1, 0.15) is 5.75 Å². The number of nitrogens with one attached hydrogen (secondary N) is 1. The molecule has 2 aromatic rings. The molecule has 0 spiro atoms. The fraction of sp³-hybridized carbons (Fsp3) is 0.176. The van der Waals surface area contributed by atoms with Crippen molar-refractivity contribution in [3.63, 3.8) is 0 Å². The predicted octanol–water partition coefficient (Wildman–Crippen LogP) is 3.95. The highest BCUT2D eigenvalue weighted by molar-refractivity contribution is 6.30. The van der Waals surface area contributed by atoms with Gasteiger partial charge in [0.15, 0.2) is 11.9 Å². The van der Waals surface area contributed by atoms with Crippen LogP contribution >= 0.6 is 11.6 Å². The normalized spacial score (nSPS) is 11.6. The number of benzene rings is 2. The molecule has 0 unspecified atom stereocenters. The van der Waals surface area contributed by atoms with Gasteiger partial charge in [-0.2, -0.15) is 0 Å². The monoisotopic (exact) mass is 317 g/mol. The average molecular weight is 318 g/mol. The highest BCUT2D eigenvalue weighted by atomic mass is 35.5. The maximum atomic E-state index is 12.0. The summed E-state index contributed by atoms with van der Waals surface area (Å²) < 4.78 is 5.46. The van der Waals surface area contributed by atoms with Gasteiger partial charge in [-0.05, 0) is 62.4 Å². The van der Waals surface area contributed by atoms with Crippen LogP contribution in [0.15, 0.2) is 48.5 Å². The van der Waals surface area contributed by atoms with E-state index in [1.54, 1.807) is 55.5 Å². The quantitative estimate of drug-likeness (QED) is 0.908. The number of carbonyl (C=O) groups is 2. The molecular formula is C17H16ClNO3. The second kappa shape index (κ2) is 7.09. The van der Waals surface area contributed by atoms with Gasteiger partial charge in [0, 0.05) is 16.3 Å². The molecule has 22 heavy (non-hydrogen) atoms. The van der Waals surface area contributed by atoms with Crippen molar-refractivity contribution in [2.45, 2.75) is 20.0 Å². The van der Waals surface area contributed by atoms with E-state index in [4.69, 9.17) is 16.3 Å². The Kier molecular flexibility index (Phi) is 5.17. The number of Topliss-reactive ketones (excluding diaryl/α,β-unsaturated/α-hetero) is 1. The predicted molar refractivity (Wildman–Crippen MR) is 86.6 cm³/mol. The van der Waals surface area contributed by atoms with Crippen LogP contribution in [0.5, 0.6) is 5.75 Å². The lowest BCUT2D eigenvalue weighted by Gasteiger charge is -2.12. The van der Waals surface area contributed by atoms with Crippen LogP contribution in [0.25, 0.3) is 0 Å². The average Bonchev–Trinajstić information content (AvgIpc) is 2.49. The van der Waals surface area contributed by atoms with Crippen LogP contribution in [0.1, 0.15) is 24.2 Å². The summed E-state index contributed by atoms with van der Waals surface area (Å²) in [6.45, 7) is 3.17. The number of amides is 1. The van der Waals surface area contributed by atoms with Gasteiger partial charge in [-0.25, -0.2) is 0 Å². The second-order valence-corrected chi connectivity index (χ2v) is 5.29. The van der Waals surface area contributed by atoms with Gasteiger partial charge in [0.2, 0.25) is 0 Å². The van der Waals surface area contributed by atoms with Gasteiger partial charge in [-0.15, -0.1) is 0 Å². The largest absolute Gasteiger partial charge is 0.483 e. The highest BCUT2D eigenvalue weighted by Crippen LogP contribution is 2.18. The molecule has 0 aromatic heterocycles. The first-order valence-corrected chi connectivity index (χ1v) is 7.17. The first kappa shape index (κ1) is 16.0. The molecular weight excluding hydrogens is 302 g/mol. The van der Waals surface area contributed by atoms with Crippen LogP contribution in [-0.4, -0.2) is 17.8 Å². The first-order valence-electron chi connectivity index (χ1n) is 6.80. The van der Waals surface area contributed by atoms with Crippen LogP contribution in [0.4, 0.5) is 5.69 Å². The molecule has 1 atom stereocenters. The minimum Gasteiger partial charge on any atom is -0.483 e. The molecule has 0 fully saturated rings. The summed E-state index contributed by atoms with van der Waals surface area (Å²) in [7, 11) is 0. The number of rotatable bonds is 5. The van der Waals surface area contributed by atoms with Crippen molar-refractivity contribution in [2.24, 2.45) is 0 Å². The summed E-state index contributed by atoms with van der Waals surface area (Å²) >= 11 is 5.79. The maximum Gasteiger partial charge on any atom is 0.255 e. The van der Waals surface area contributed by atoms with E-state index in [9.17, 15) is 9.59 Å². The Balaban J connectivity index is 2.00. The van der Waals surface area contributed by atoms with Crippen molar-refractivity contribution < 1.29 is 14.3 Å². The molecule has 0 saturated carbocycles. The fourth-order valence-corrected chi connectivity index (χ4v) is 1.83. The van der Waals surface area contributed by atoms with Crippen LogP contribution in [0.2, 0.25) is 5.02 Å². The van der Waals surface area contributed by atoms with Gasteiger partial charge in [-0.3, -0.25) is 9.59 Å². The summed E-state index contributed by atoms with van der Waals surface area (Å²) in [6, 6.07) is 13.5. The lowest BCUT2D eigenvalue weighted by Crippen LogP contribution is -2.20. The van der Waals surface area contributed by atoms with E-state index in [-0.39, 0.29) is 11.7 Å². The second-order valence-electron chi connectivity index (χ2n) is 4.86. The minimum absolute atomic E-state index is 0.0416. The fourth-order valence-electron chi connectivity index (χ4n) is 1.71. The molecule has 0 saturated heterocycles. The molecule has 0 aliphatic heterocycles. The Morgan fingerprint density at radius 3 is 2.18 bits per heavy atom. The SMILES string of the molecule is CC(=O)[C@H](C)Oc1ccc(NC(=O)c2ccc(Cl)cc2)cc1. The van der Waals surface area contributed by atoms with E-state index in [0.717, 1.165) is 0 Å². The zero-order valence-electron chi connectivity index (χ0n) is 12.3. The third kappa shape index (κ3) is 4.33. The van der Waals surface area contributed by atoms with Gasteiger partial charge < -0.3 is 10.1 Å². The zero-order valence-corrected chi connectivity index (χ0v) is 13.1. The van der Waals surface area contributed by atoms with Crippen molar-refractivity contribution >= 4 is 29.0 Å². The summed E-state index contributed by atoms with van der Waals surface area (Å²) in [5.74, 6) is 0.315. The van der Waals surface area contributed by atoms with E-state index in [2.05, 4.69) is 5.32 Å². The Bertz CT molecular complexity index is 665. The minimum atomic E-state index is -0.491. The number of halogens is 1. The number of ketones is 1. The number of carbonyl (C=O) groups excluding carboxylic acids is 2. The van der Waals surface area contributed by atoms with Crippen molar-refractivity contribution in [2.75, 3.05) is 5.32 Å². The topological polar surface area (TPSA) is 55.4 Å².